The summed E-state index contributed by atoms with van der Waals surface area (Å²) in [6.45, 7) is 0.975. The molecule has 0 saturated heterocycles. The molecule has 0 heterocycles. The van der Waals surface area contributed by atoms with Crippen molar-refractivity contribution >= 4 is 17.3 Å². The minimum absolute atomic E-state index is 0.975. The van der Waals surface area contributed by atoms with Gasteiger partial charge < -0.3 is 10.2 Å². The maximum atomic E-state index is 3.18. The van der Waals surface area contributed by atoms with E-state index in [1.807, 2.05) is 7.05 Å². The molecule has 1 aliphatic rings. The number of allylic oxidation sites excluding steroid dienone is 2. The number of likely N-dealkylation sites (N-methyl/N-ethyl adjacent to an activating group) is 1. The van der Waals surface area contributed by atoms with E-state index in [1.54, 1.807) is 0 Å². The van der Waals surface area contributed by atoms with Gasteiger partial charge in [-0.1, -0.05) is 24.3 Å². The van der Waals surface area contributed by atoms with Gasteiger partial charge in [-0.2, -0.15) is 0 Å². The third kappa shape index (κ3) is 2.17. The summed E-state index contributed by atoms with van der Waals surface area (Å²) in [7, 11) is 6.12. The van der Waals surface area contributed by atoms with Crippen LogP contribution >= 0.6 is 0 Å². The van der Waals surface area contributed by atoms with Crippen LogP contribution in [0.5, 0.6) is 0 Å². The van der Waals surface area contributed by atoms with Crippen LogP contribution in [0.4, 0.5) is 5.69 Å². The Labute approximate surface area is 97.3 Å². The van der Waals surface area contributed by atoms with Crippen LogP contribution in [-0.2, 0) is 0 Å². The van der Waals surface area contributed by atoms with Crippen LogP contribution in [0.25, 0.3) is 11.6 Å². The van der Waals surface area contributed by atoms with Gasteiger partial charge in [0.1, 0.15) is 0 Å². The Balaban J connectivity index is 2.30. The Morgan fingerprint density at radius 1 is 1.25 bits per heavy atom. The fraction of sp³-hybridized carbons (Fsp3) is 0.286. The molecule has 0 fully saturated rings. The molecule has 2 heteroatoms. The van der Waals surface area contributed by atoms with Gasteiger partial charge >= 0.3 is 0 Å². The van der Waals surface area contributed by atoms with E-state index < -0.39 is 0 Å². The number of rotatable bonds is 3. The molecule has 1 aliphatic carbocycles. The largest absolute Gasteiger partial charge is 0.388 e. The number of hydrogen-bond donors (Lipinski definition) is 1. The zero-order valence-electron chi connectivity index (χ0n) is 10.1. The van der Waals surface area contributed by atoms with Crippen LogP contribution in [0.3, 0.4) is 0 Å². The van der Waals surface area contributed by atoms with E-state index in [0.717, 1.165) is 6.54 Å². The van der Waals surface area contributed by atoms with Crippen molar-refractivity contribution in [2.24, 2.45) is 0 Å². The molecule has 2 rings (SSSR count). The first kappa shape index (κ1) is 11.0. The second kappa shape index (κ2) is 4.54. The van der Waals surface area contributed by atoms with Crippen LogP contribution in [0, 0.1) is 0 Å². The van der Waals surface area contributed by atoms with Crippen molar-refractivity contribution in [3.8, 4) is 0 Å². The van der Waals surface area contributed by atoms with E-state index in [-0.39, 0.29) is 0 Å². The maximum absolute atomic E-state index is 3.18. The summed E-state index contributed by atoms with van der Waals surface area (Å²) in [6, 6.07) is 6.48. The Bertz CT molecular complexity index is 442. The first-order valence-electron chi connectivity index (χ1n) is 5.56. The lowest BCUT2D eigenvalue weighted by Gasteiger charge is -2.08. The van der Waals surface area contributed by atoms with Gasteiger partial charge in [-0.05, 0) is 42.9 Å². The van der Waals surface area contributed by atoms with Gasteiger partial charge in [0.25, 0.3) is 0 Å². The van der Waals surface area contributed by atoms with Gasteiger partial charge in [-0.3, -0.25) is 0 Å². The summed E-state index contributed by atoms with van der Waals surface area (Å²) in [5, 5.41) is 3.18. The molecule has 0 spiro atoms. The summed E-state index contributed by atoms with van der Waals surface area (Å²) in [6.07, 6.45) is 6.63. The van der Waals surface area contributed by atoms with Crippen molar-refractivity contribution in [3.05, 3.63) is 41.5 Å². The molecule has 0 radical (unpaired) electrons. The van der Waals surface area contributed by atoms with Gasteiger partial charge in [-0.25, -0.2) is 0 Å². The molecule has 2 nitrogen and oxygen atoms in total. The first-order valence-corrected chi connectivity index (χ1v) is 5.56. The average Bonchev–Trinajstić information content (AvgIpc) is 2.68. The highest BCUT2D eigenvalue weighted by Gasteiger charge is 2.10. The smallest absolute Gasteiger partial charge is 0.0344 e. The van der Waals surface area contributed by atoms with Crippen molar-refractivity contribution in [1.82, 2.24) is 4.90 Å². The van der Waals surface area contributed by atoms with Crippen molar-refractivity contribution in [1.29, 1.82) is 0 Å². The topological polar surface area (TPSA) is 15.3 Å². The minimum Gasteiger partial charge on any atom is -0.388 e. The molecule has 1 N–H and O–H groups in total. The standard InChI is InChI=1S/C14H18N2/c1-15-13-7-6-11-4-5-12(14(11)10-13)8-9-16(2)3/h4-8,10,15H,9H2,1-3H3/b12-8+. The highest BCUT2D eigenvalue weighted by atomic mass is 15.0. The molecular formula is C14H18N2. The molecule has 0 aliphatic heterocycles. The normalized spacial score (nSPS) is 15.9. The number of hydrogen-bond acceptors (Lipinski definition) is 2. The maximum Gasteiger partial charge on any atom is 0.0344 e. The van der Waals surface area contributed by atoms with Crippen molar-refractivity contribution < 1.29 is 0 Å². The van der Waals surface area contributed by atoms with Gasteiger partial charge in [-0.15, -0.1) is 0 Å². The summed E-state index contributed by atoms with van der Waals surface area (Å²) >= 11 is 0. The Morgan fingerprint density at radius 3 is 2.75 bits per heavy atom. The molecule has 0 unspecified atom stereocenters. The SMILES string of the molecule is CNc1ccc2c(c1)/C(=C/CN(C)C)C=C2. The zero-order chi connectivity index (χ0) is 11.5. The molecule has 0 bridgehead atoms. The number of fused-ring (bicyclic) bond motifs is 1. The van der Waals surface area contributed by atoms with E-state index in [1.165, 1.54) is 22.4 Å². The zero-order valence-corrected chi connectivity index (χ0v) is 10.1. The predicted octanol–water partition coefficient (Wildman–Crippen LogP) is 2.70. The van der Waals surface area contributed by atoms with E-state index in [2.05, 4.69) is 60.7 Å². The second-order valence-electron chi connectivity index (χ2n) is 4.31. The molecule has 16 heavy (non-hydrogen) atoms. The molecule has 84 valence electrons. The number of anilines is 1. The highest BCUT2D eigenvalue weighted by Crippen LogP contribution is 2.31. The van der Waals surface area contributed by atoms with Crippen LogP contribution in [0.2, 0.25) is 0 Å². The van der Waals surface area contributed by atoms with Gasteiger partial charge in [0, 0.05) is 19.3 Å². The average molecular weight is 214 g/mol. The summed E-state index contributed by atoms with van der Waals surface area (Å²) in [4.78, 5) is 2.17. The number of nitrogens with zero attached hydrogens (tertiary/aromatic N) is 1. The van der Waals surface area contributed by atoms with Crippen LogP contribution < -0.4 is 5.32 Å². The molecule has 0 atom stereocenters. The second-order valence-corrected chi connectivity index (χ2v) is 4.31. The molecule has 0 amide bonds. The van der Waals surface area contributed by atoms with Crippen LogP contribution in [0.15, 0.2) is 30.4 Å². The summed E-state index contributed by atoms with van der Waals surface area (Å²) in [5.74, 6) is 0. The Morgan fingerprint density at radius 2 is 2.06 bits per heavy atom. The number of benzene rings is 1. The van der Waals surface area contributed by atoms with Gasteiger partial charge in [0.05, 0.1) is 0 Å². The third-order valence-electron chi connectivity index (χ3n) is 2.77. The molecule has 1 aromatic rings. The Hall–Kier alpha value is -1.54. The molecule has 0 aromatic heterocycles. The molecule has 1 aromatic carbocycles. The van der Waals surface area contributed by atoms with Crippen molar-refractivity contribution in [2.75, 3.05) is 33.0 Å². The number of nitrogens with one attached hydrogen (secondary N) is 1. The van der Waals surface area contributed by atoms with Crippen LogP contribution in [-0.4, -0.2) is 32.6 Å². The van der Waals surface area contributed by atoms with E-state index in [0.29, 0.717) is 0 Å². The van der Waals surface area contributed by atoms with E-state index in [4.69, 9.17) is 0 Å². The lowest BCUT2D eigenvalue weighted by atomic mass is 10.0. The Kier molecular flexibility index (Phi) is 3.11. The highest BCUT2D eigenvalue weighted by molar-refractivity contribution is 5.91. The summed E-state index contributed by atoms with van der Waals surface area (Å²) in [5.41, 5.74) is 5.12. The quantitative estimate of drug-likeness (QED) is 0.832. The van der Waals surface area contributed by atoms with Crippen molar-refractivity contribution in [3.63, 3.8) is 0 Å². The van der Waals surface area contributed by atoms with Crippen molar-refractivity contribution in [2.45, 2.75) is 0 Å². The van der Waals surface area contributed by atoms with E-state index in [9.17, 15) is 0 Å². The van der Waals surface area contributed by atoms with Crippen LogP contribution in [0.1, 0.15) is 11.1 Å². The fourth-order valence-corrected chi connectivity index (χ4v) is 1.84. The van der Waals surface area contributed by atoms with E-state index >= 15 is 0 Å². The molecule has 0 saturated carbocycles. The molecular weight excluding hydrogens is 196 g/mol. The monoisotopic (exact) mass is 214 g/mol. The minimum atomic E-state index is 0.975. The van der Waals surface area contributed by atoms with Gasteiger partial charge in [0.2, 0.25) is 0 Å². The van der Waals surface area contributed by atoms with Gasteiger partial charge in [0.15, 0.2) is 0 Å². The summed E-state index contributed by atoms with van der Waals surface area (Å²) < 4.78 is 0. The predicted molar refractivity (Wildman–Crippen MR) is 71.6 cm³/mol. The lowest BCUT2D eigenvalue weighted by molar-refractivity contribution is 0.457. The fourth-order valence-electron chi connectivity index (χ4n) is 1.84. The first-order chi connectivity index (χ1) is 7.70. The lowest BCUT2D eigenvalue weighted by Crippen LogP contribution is -2.10. The third-order valence-corrected chi connectivity index (χ3v) is 2.77.